The van der Waals surface area contributed by atoms with E-state index in [1.807, 2.05) is 25.8 Å². The highest BCUT2D eigenvalue weighted by Gasteiger charge is 2.34. The van der Waals surface area contributed by atoms with Crippen molar-refractivity contribution in [2.75, 3.05) is 27.2 Å². The quantitative estimate of drug-likeness (QED) is 0.715. The lowest BCUT2D eigenvalue weighted by atomic mass is 9.84. The topological polar surface area (TPSA) is 23.6 Å². The molecule has 0 aromatic heterocycles. The number of rotatable bonds is 2. The molecule has 0 spiro atoms. The van der Waals surface area contributed by atoms with Gasteiger partial charge in [-0.2, -0.15) is 0 Å². The first kappa shape index (κ1) is 13.5. The summed E-state index contributed by atoms with van der Waals surface area (Å²) in [6.45, 7) is 10.6. The zero-order valence-corrected chi connectivity index (χ0v) is 11.5. The van der Waals surface area contributed by atoms with E-state index in [0.29, 0.717) is 17.9 Å². The summed E-state index contributed by atoms with van der Waals surface area (Å²) in [5.41, 5.74) is 0. The maximum Gasteiger partial charge on any atom is 0.225 e. The predicted octanol–water partition coefficient (Wildman–Crippen LogP) is 1.69. The van der Waals surface area contributed by atoms with Crippen LogP contribution in [-0.2, 0) is 4.79 Å². The molecule has 3 atom stereocenters. The van der Waals surface area contributed by atoms with Crippen molar-refractivity contribution >= 4 is 5.91 Å². The van der Waals surface area contributed by atoms with Gasteiger partial charge >= 0.3 is 0 Å². The van der Waals surface area contributed by atoms with Gasteiger partial charge in [0.25, 0.3) is 0 Å². The summed E-state index contributed by atoms with van der Waals surface area (Å²) in [5, 5.41) is 0. The van der Waals surface area contributed by atoms with E-state index in [2.05, 4.69) is 25.8 Å². The van der Waals surface area contributed by atoms with Gasteiger partial charge in [0.05, 0.1) is 0 Å². The Labute approximate surface area is 99.8 Å². The Bertz CT molecular complexity index is 252. The molecule has 3 nitrogen and oxygen atoms in total. The summed E-state index contributed by atoms with van der Waals surface area (Å²) in [5.74, 6) is 1.61. The first-order valence-corrected chi connectivity index (χ1v) is 6.29. The molecule has 0 radical (unpaired) electrons. The summed E-state index contributed by atoms with van der Waals surface area (Å²) in [7, 11) is 4.10. The number of hydrogen-bond donors (Lipinski definition) is 0. The molecule has 94 valence electrons. The molecule has 0 N–H and O–H groups in total. The van der Waals surface area contributed by atoms with E-state index in [9.17, 15) is 4.79 Å². The summed E-state index contributed by atoms with van der Waals surface area (Å²) >= 11 is 0. The second-order valence-corrected chi connectivity index (χ2v) is 5.73. The molecular formula is C13H26N2O. The molecule has 0 aromatic rings. The fourth-order valence-electron chi connectivity index (χ4n) is 2.64. The summed E-state index contributed by atoms with van der Waals surface area (Å²) in [6.07, 6.45) is 0. The number of amides is 1. The molecule has 1 heterocycles. The third-order valence-electron chi connectivity index (χ3n) is 3.94. The zero-order valence-electron chi connectivity index (χ0n) is 11.5. The Morgan fingerprint density at radius 1 is 1.31 bits per heavy atom. The lowest BCUT2D eigenvalue weighted by Crippen LogP contribution is -2.55. The van der Waals surface area contributed by atoms with Crippen molar-refractivity contribution in [2.45, 2.75) is 33.7 Å². The van der Waals surface area contributed by atoms with Gasteiger partial charge in [-0.15, -0.1) is 0 Å². The Morgan fingerprint density at radius 3 is 2.38 bits per heavy atom. The highest BCUT2D eigenvalue weighted by atomic mass is 16.2. The maximum absolute atomic E-state index is 12.0. The smallest absolute Gasteiger partial charge is 0.225 e. The van der Waals surface area contributed by atoms with Crippen molar-refractivity contribution in [1.29, 1.82) is 0 Å². The first-order chi connectivity index (χ1) is 7.34. The van der Waals surface area contributed by atoms with Crippen LogP contribution in [0.25, 0.3) is 0 Å². The molecule has 1 aliphatic rings. The normalized spacial score (nSPS) is 31.8. The van der Waals surface area contributed by atoms with Crippen LogP contribution in [0.2, 0.25) is 0 Å². The van der Waals surface area contributed by atoms with Crippen LogP contribution < -0.4 is 0 Å². The van der Waals surface area contributed by atoms with Crippen molar-refractivity contribution < 1.29 is 4.79 Å². The Balaban J connectivity index is 2.73. The largest absolute Gasteiger partial charge is 0.341 e. The second kappa shape index (κ2) is 5.17. The van der Waals surface area contributed by atoms with E-state index in [1.54, 1.807) is 0 Å². The van der Waals surface area contributed by atoms with Gasteiger partial charge < -0.3 is 9.80 Å². The number of hydrogen-bond acceptors (Lipinski definition) is 2. The number of carbonyl (C=O) groups excluding carboxylic acids is 1. The fourth-order valence-corrected chi connectivity index (χ4v) is 2.64. The molecule has 16 heavy (non-hydrogen) atoms. The van der Waals surface area contributed by atoms with Crippen LogP contribution in [0.4, 0.5) is 0 Å². The zero-order chi connectivity index (χ0) is 12.5. The molecule has 1 fully saturated rings. The van der Waals surface area contributed by atoms with Crippen LogP contribution in [-0.4, -0.2) is 48.9 Å². The maximum atomic E-state index is 12.0. The number of likely N-dealkylation sites (tertiary alicyclic amines) is 1. The number of likely N-dealkylation sites (N-methyl/N-ethyl adjacent to an activating group) is 2. The SMILES string of the molecule is CC(C)C(=O)N(C)C1CN(C)CC(C)C1C. The van der Waals surface area contributed by atoms with E-state index in [-0.39, 0.29) is 11.8 Å². The van der Waals surface area contributed by atoms with E-state index < -0.39 is 0 Å². The van der Waals surface area contributed by atoms with Gasteiger partial charge in [0, 0.05) is 32.1 Å². The average Bonchev–Trinajstić information content (AvgIpc) is 2.21. The third-order valence-corrected chi connectivity index (χ3v) is 3.94. The van der Waals surface area contributed by atoms with Crippen LogP contribution in [0, 0.1) is 17.8 Å². The summed E-state index contributed by atoms with van der Waals surface area (Å²) in [4.78, 5) is 16.3. The molecule has 1 aliphatic heterocycles. The standard InChI is InChI=1S/C13H26N2O/c1-9(2)13(16)15(6)12-8-14(5)7-10(3)11(12)4/h9-12H,7-8H2,1-6H3. The Morgan fingerprint density at radius 2 is 1.88 bits per heavy atom. The molecular weight excluding hydrogens is 200 g/mol. The summed E-state index contributed by atoms with van der Waals surface area (Å²) < 4.78 is 0. The fraction of sp³-hybridized carbons (Fsp3) is 0.923. The summed E-state index contributed by atoms with van der Waals surface area (Å²) in [6, 6.07) is 0.364. The number of carbonyl (C=O) groups is 1. The van der Waals surface area contributed by atoms with Gasteiger partial charge in [-0.25, -0.2) is 0 Å². The minimum Gasteiger partial charge on any atom is -0.341 e. The highest BCUT2D eigenvalue weighted by molar-refractivity contribution is 5.78. The average molecular weight is 226 g/mol. The molecule has 0 saturated carbocycles. The van der Waals surface area contributed by atoms with Gasteiger partial charge in [0.15, 0.2) is 0 Å². The van der Waals surface area contributed by atoms with Crippen molar-refractivity contribution in [2.24, 2.45) is 17.8 Å². The molecule has 3 unspecified atom stereocenters. The van der Waals surface area contributed by atoms with Crippen molar-refractivity contribution in [3.8, 4) is 0 Å². The molecule has 1 rings (SSSR count). The van der Waals surface area contributed by atoms with Gasteiger partial charge in [-0.3, -0.25) is 4.79 Å². The first-order valence-electron chi connectivity index (χ1n) is 6.29. The minimum atomic E-state index is 0.0970. The molecule has 3 heteroatoms. The van der Waals surface area contributed by atoms with Crippen molar-refractivity contribution in [3.05, 3.63) is 0 Å². The van der Waals surface area contributed by atoms with Gasteiger partial charge in [-0.05, 0) is 18.9 Å². The van der Waals surface area contributed by atoms with E-state index >= 15 is 0 Å². The molecule has 0 bridgehead atoms. The minimum absolute atomic E-state index is 0.0970. The van der Waals surface area contributed by atoms with Gasteiger partial charge in [0.2, 0.25) is 5.91 Å². The van der Waals surface area contributed by atoms with Crippen LogP contribution in [0.15, 0.2) is 0 Å². The Hall–Kier alpha value is -0.570. The Kier molecular flexibility index (Phi) is 4.36. The predicted molar refractivity (Wildman–Crippen MR) is 67.2 cm³/mol. The van der Waals surface area contributed by atoms with Crippen LogP contribution in [0.3, 0.4) is 0 Å². The molecule has 1 saturated heterocycles. The highest BCUT2D eigenvalue weighted by Crippen LogP contribution is 2.26. The van der Waals surface area contributed by atoms with E-state index in [4.69, 9.17) is 0 Å². The molecule has 0 aliphatic carbocycles. The monoisotopic (exact) mass is 226 g/mol. The van der Waals surface area contributed by atoms with Crippen molar-refractivity contribution in [1.82, 2.24) is 9.80 Å². The number of piperidine rings is 1. The third kappa shape index (κ3) is 2.76. The van der Waals surface area contributed by atoms with Gasteiger partial charge in [0.1, 0.15) is 0 Å². The lowest BCUT2D eigenvalue weighted by Gasteiger charge is -2.44. The number of nitrogens with zero attached hydrogens (tertiary/aromatic N) is 2. The molecule has 0 aromatic carbocycles. The van der Waals surface area contributed by atoms with Crippen molar-refractivity contribution in [3.63, 3.8) is 0 Å². The second-order valence-electron chi connectivity index (χ2n) is 5.73. The van der Waals surface area contributed by atoms with Gasteiger partial charge in [-0.1, -0.05) is 27.7 Å². The van der Waals surface area contributed by atoms with E-state index in [0.717, 1.165) is 13.1 Å². The van der Waals surface area contributed by atoms with Crippen LogP contribution in [0.5, 0.6) is 0 Å². The lowest BCUT2D eigenvalue weighted by molar-refractivity contribution is -0.138. The van der Waals surface area contributed by atoms with Crippen LogP contribution in [0.1, 0.15) is 27.7 Å². The van der Waals surface area contributed by atoms with E-state index in [1.165, 1.54) is 0 Å². The van der Waals surface area contributed by atoms with Crippen LogP contribution >= 0.6 is 0 Å². The molecule has 1 amide bonds.